The lowest BCUT2D eigenvalue weighted by Gasteiger charge is -2.39. The van der Waals surface area contributed by atoms with Crippen molar-refractivity contribution in [3.05, 3.63) is 35.0 Å². The topological polar surface area (TPSA) is 95.4 Å². The summed E-state index contributed by atoms with van der Waals surface area (Å²) in [5.74, 6) is -0.238. The van der Waals surface area contributed by atoms with Crippen LogP contribution in [0.1, 0.15) is 50.6 Å². The van der Waals surface area contributed by atoms with Crippen LogP contribution in [0.4, 0.5) is 10.9 Å². The number of rotatable bonds is 5. The molecule has 0 aliphatic carbocycles. The molecule has 0 bridgehead atoms. The molecule has 2 N–H and O–H groups in total. The Morgan fingerprint density at radius 1 is 1.28 bits per heavy atom. The number of hydrogen-bond donors (Lipinski definition) is 2. The van der Waals surface area contributed by atoms with Crippen LogP contribution in [0.2, 0.25) is 0 Å². The Hall–Kier alpha value is -2.48. The van der Waals surface area contributed by atoms with E-state index in [1.165, 1.54) is 11.3 Å². The number of aliphatic carboxylic acids is 1. The van der Waals surface area contributed by atoms with Crippen molar-refractivity contribution >= 4 is 34.2 Å². The van der Waals surface area contributed by atoms with Crippen LogP contribution in [0, 0.1) is 12.3 Å². The fraction of sp³-hybridized carbons (Fsp3) is 0.524. The Balaban J connectivity index is 1.77. The minimum absolute atomic E-state index is 0.0824. The first-order chi connectivity index (χ1) is 13.6. The molecule has 1 aliphatic rings. The minimum Gasteiger partial charge on any atom is -0.481 e. The maximum Gasteiger partial charge on any atom is 0.315 e. The molecular formula is C21H28N4O3S. The highest BCUT2D eigenvalue weighted by Crippen LogP contribution is 2.36. The molecule has 1 aliphatic heterocycles. The standard InChI is InChI=1S/C21H28N4O3S/c1-14-13-22-19(29-14)24-16-7-5-6-15(23-16)21(18(27)28)8-10-25(11-9-21)17(26)12-20(2,3)4/h5-7,13H,8-12H2,1-4H3,(H,27,28)(H,22,23,24). The van der Waals surface area contributed by atoms with Gasteiger partial charge in [0.15, 0.2) is 5.13 Å². The molecule has 156 valence electrons. The number of carboxylic acids is 1. The number of piperidine rings is 1. The summed E-state index contributed by atoms with van der Waals surface area (Å²) in [6.07, 6.45) is 2.94. The molecular weight excluding hydrogens is 388 g/mol. The van der Waals surface area contributed by atoms with Crippen LogP contribution in [-0.4, -0.2) is 44.9 Å². The van der Waals surface area contributed by atoms with Gasteiger partial charge < -0.3 is 15.3 Å². The summed E-state index contributed by atoms with van der Waals surface area (Å²) in [5, 5.41) is 13.9. The van der Waals surface area contributed by atoms with Gasteiger partial charge in [-0.1, -0.05) is 26.8 Å². The van der Waals surface area contributed by atoms with Crippen LogP contribution < -0.4 is 5.32 Å². The number of nitrogens with zero attached hydrogens (tertiary/aromatic N) is 3. The number of pyridine rings is 1. The first kappa shape index (κ1) is 21.2. The highest BCUT2D eigenvalue weighted by molar-refractivity contribution is 7.15. The maximum atomic E-state index is 12.5. The normalized spacial score (nSPS) is 16.5. The number of carbonyl (C=O) groups excluding carboxylic acids is 1. The summed E-state index contributed by atoms with van der Waals surface area (Å²) in [6.45, 7) is 8.91. The van der Waals surface area contributed by atoms with E-state index in [2.05, 4.69) is 15.3 Å². The van der Waals surface area contributed by atoms with Crippen LogP contribution in [0.25, 0.3) is 0 Å². The Kier molecular flexibility index (Phi) is 5.93. The van der Waals surface area contributed by atoms with Crippen LogP contribution in [0.5, 0.6) is 0 Å². The minimum atomic E-state index is -1.09. The van der Waals surface area contributed by atoms with Crippen molar-refractivity contribution in [1.29, 1.82) is 0 Å². The van der Waals surface area contributed by atoms with Gasteiger partial charge >= 0.3 is 5.97 Å². The highest BCUT2D eigenvalue weighted by atomic mass is 32.1. The number of nitrogens with one attached hydrogen (secondary N) is 1. The molecule has 0 aromatic carbocycles. The number of hydrogen-bond acceptors (Lipinski definition) is 6. The van der Waals surface area contributed by atoms with E-state index in [1.807, 2.05) is 33.8 Å². The average molecular weight is 417 g/mol. The van der Waals surface area contributed by atoms with Crippen molar-refractivity contribution in [2.75, 3.05) is 18.4 Å². The van der Waals surface area contributed by atoms with E-state index in [9.17, 15) is 14.7 Å². The number of likely N-dealkylation sites (tertiary alicyclic amines) is 1. The third kappa shape index (κ3) is 4.93. The zero-order valence-electron chi connectivity index (χ0n) is 17.4. The van der Waals surface area contributed by atoms with Gasteiger partial charge in [0.2, 0.25) is 5.91 Å². The fourth-order valence-corrected chi connectivity index (χ4v) is 4.25. The third-order valence-corrected chi connectivity index (χ3v) is 5.98. The highest BCUT2D eigenvalue weighted by Gasteiger charge is 2.45. The number of aromatic nitrogens is 2. The van der Waals surface area contributed by atoms with Crippen LogP contribution in [0.3, 0.4) is 0 Å². The summed E-state index contributed by atoms with van der Waals surface area (Å²) in [7, 11) is 0. The number of amides is 1. The van der Waals surface area contributed by atoms with Gasteiger partial charge in [0.05, 0.1) is 5.69 Å². The van der Waals surface area contributed by atoms with Gasteiger partial charge in [-0.3, -0.25) is 9.59 Å². The van der Waals surface area contributed by atoms with Gasteiger partial charge in [-0.05, 0) is 37.3 Å². The molecule has 2 aromatic rings. The van der Waals surface area contributed by atoms with Gasteiger partial charge in [0.1, 0.15) is 11.2 Å². The average Bonchev–Trinajstić information content (AvgIpc) is 3.05. The van der Waals surface area contributed by atoms with E-state index in [1.54, 1.807) is 23.2 Å². The molecule has 7 nitrogen and oxygen atoms in total. The van der Waals surface area contributed by atoms with Crippen molar-refractivity contribution < 1.29 is 14.7 Å². The Morgan fingerprint density at radius 3 is 2.52 bits per heavy atom. The number of aryl methyl sites for hydroxylation is 1. The van der Waals surface area contributed by atoms with E-state index < -0.39 is 11.4 Å². The SMILES string of the molecule is Cc1cnc(Nc2cccc(C3(C(=O)O)CCN(C(=O)CC(C)(C)C)CC3)n2)s1. The monoisotopic (exact) mass is 416 g/mol. The summed E-state index contributed by atoms with van der Waals surface area (Å²) < 4.78 is 0. The number of carbonyl (C=O) groups is 2. The molecule has 29 heavy (non-hydrogen) atoms. The quantitative estimate of drug-likeness (QED) is 0.766. The summed E-state index contributed by atoms with van der Waals surface area (Å²) in [6, 6.07) is 5.38. The number of carboxylic acid groups (broad SMARTS) is 1. The fourth-order valence-electron chi connectivity index (χ4n) is 3.58. The molecule has 3 rings (SSSR count). The molecule has 1 fully saturated rings. The predicted octanol–water partition coefficient (Wildman–Crippen LogP) is 3.97. The van der Waals surface area contributed by atoms with Gasteiger partial charge in [-0.15, -0.1) is 11.3 Å². The zero-order chi connectivity index (χ0) is 21.2. The van der Waals surface area contributed by atoms with E-state index in [0.717, 1.165) is 10.0 Å². The molecule has 0 radical (unpaired) electrons. The molecule has 1 amide bonds. The molecule has 0 atom stereocenters. The Morgan fingerprint density at radius 2 is 1.97 bits per heavy atom. The second-order valence-electron chi connectivity index (χ2n) is 8.81. The van der Waals surface area contributed by atoms with Gasteiger partial charge in [0, 0.05) is 30.6 Å². The molecule has 0 unspecified atom stereocenters. The number of anilines is 2. The van der Waals surface area contributed by atoms with E-state index in [-0.39, 0.29) is 11.3 Å². The predicted molar refractivity (Wildman–Crippen MR) is 114 cm³/mol. The second-order valence-corrected chi connectivity index (χ2v) is 10.0. The molecule has 0 spiro atoms. The van der Waals surface area contributed by atoms with Crippen molar-refractivity contribution in [2.24, 2.45) is 5.41 Å². The largest absolute Gasteiger partial charge is 0.481 e. The lowest BCUT2D eigenvalue weighted by atomic mass is 9.75. The van der Waals surface area contributed by atoms with Crippen molar-refractivity contribution in [3.8, 4) is 0 Å². The van der Waals surface area contributed by atoms with E-state index in [0.29, 0.717) is 43.9 Å². The number of thiazole rings is 1. The van der Waals surface area contributed by atoms with Gasteiger partial charge in [-0.25, -0.2) is 9.97 Å². The lowest BCUT2D eigenvalue weighted by molar-refractivity contribution is -0.149. The lowest BCUT2D eigenvalue weighted by Crippen LogP contribution is -2.49. The summed E-state index contributed by atoms with van der Waals surface area (Å²) >= 11 is 1.51. The maximum absolute atomic E-state index is 12.5. The third-order valence-electron chi connectivity index (χ3n) is 5.16. The molecule has 8 heteroatoms. The summed E-state index contributed by atoms with van der Waals surface area (Å²) in [4.78, 5) is 36.6. The summed E-state index contributed by atoms with van der Waals surface area (Å²) in [5.41, 5.74) is -0.658. The molecule has 0 saturated carbocycles. The van der Waals surface area contributed by atoms with Crippen molar-refractivity contribution in [3.63, 3.8) is 0 Å². The van der Waals surface area contributed by atoms with E-state index >= 15 is 0 Å². The van der Waals surface area contributed by atoms with Crippen LogP contribution in [0.15, 0.2) is 24.4 Å². The Labute approximate surface area is 175 Å². The smallest absolute Gasteiger partial charge is 0.315 e. The Bertz CT molecular complexity index is 895. The van der Waals surface area contributed by atoms with Gasteiger partial charge in [-0.2, -0.15) is 0 Å². The second kappa shape index (κ2) is 8.10. The zero-order valence-corrected chi connectivity index (χ0v) is 18.2. The molecule has 2 aromatic heterocycles. The van der Waals surface area contributed by atoms with E-state index in [4.69, 9.17) is 0 Å². The molecule has 3 heterocycles. The van der Waals surface area contributed by atoms with Crippen molar-refractivity contribution in [2.45, 2.75) is 52.4 Å². The van der Waals surface area contributed by atoms with Crippen LogP contribution in [-0.2, 0) is 15.0 Å². The van der Waals surface area contributed by atoms with Crippen molar-refractivity contribution in [1.82, 2.24) is 14.9 Å². The molecule has 1 saturated heterocycles. The first-order valence-electron chi connectivity index (χ1n) is 9.77. The van der Waals surface area contributed by atoms with Crippen LogP contribution >= 0.6 is 11.3 Å². The first-order valence-corrected chi connectivity index (χ1v) is 10.6. The van der Waals surface area contributed by atoms with Gasteiger partial charge in [0.25, 0.3) is 0 Å².